The van der Waals surface area contributed by atoms with E-state index < -0.39 is 0 Å². The molecular formula is C16H17N3O4. The summed E-state index contributed by atoms with van der Waals surface area (Å²) in [5, 5.41) is 3.82. The lowest BCUT2D eigenvalue weighted by atomic mass is 10.1. The van der Waals surface area contributed by atoms with Gasteiger partial charge in [-0.15, -0.1) is 0 Å². The van der Waals surface area contributed by atoms with Gasteiger partial charge in [0.05, 0.1) is 12.3 Å². The molecule has 2 aliphatic rings. The molecule has 1 amide bonds. The summed E-state index contributed by atoms with van der Waals surface area (Å²) in [6, 6.07) is 5.62. The first-order chi connectivity index (χ1) is 11.2. The van der Waals surface area contributed by atoms with Crippen molar-refractivity contribution in [3.05, 3.63) is 35.5 Å². The molecule has 4 rings (SSSR count). The predicted molar refractivity (Wildman–Crippen MR) is 79.2 cm³/mol. The molecule has 0 radical (unpaired) electrons. The summed E-state index contributed by atoms with van der Waals surface area (Å²) in [6.45, 7) is 3.38. The number of benzene rings is 1. The van der Waals surface area contributed by atoms with Gasteiger partial charge >= 0.3 is 0 Å². The van der Waals surface area contributed by atoms with Gasteiger partial charge in [-0.25, -0.2) is 0 Å². The Labute approximate surface area is 133 Å². The minimum atomic E-state index is 0.0996. The number of amides is 1. The summed E-state index contributed by atoms with van der Waals surface area (Å²) in [7, 11) is 0. The van der Waals surface area contributed by atoms with Gasteiger partial charge in [-0.2, -0.15) is 4.98 Å². The summed E-state index contributed by atoms with van der Waals surface area (Å²) in [5.74, 6) is 2.93. The number of hydrogen-bond acceptors (Lipinski definition) is 6. The van der Waals surface area contributed by atoms with Crippen LogP contribution in [0, 0.1) is 6.92 Å². The van der Waals surface area contributed by atoms with E-state index in [2.05, 4.69) is 10.1 Å². The summed E-state index contributed by atoms with van der Waals surface area (Å²) < 4.78 is 15.8. The van der Waals surface area contributed by atoms with E-state index in [-0.39, 0.29) is 18.6 Å². The van der Waals surface area contributed by atoms with Gasteiger partial charge in [0.15, 0.2) is 17.3 Å². The Kier molecular flexibility index (Phi) is 3.40. The second-order valence-electron chi connectivity index (χ2n) is 5.87. The number of carbonyl (C=O) groups is 1. The van der Waals surface area contributed by atoms with Crippen molar-refractivity contribution < 1.29 is 18.8 Å². The highest BCUT2D eigenvalue weighted by atomic mass is 16.7. The van der Waals surface area contributed by atoms with Crippen LogP contribution in [0.15, 0.2) is 22.7 Å². The molecule has 1 saturated heterocycles. The van der Waals surface area contributed by atoms with Crippen LogP contribution in [-0.2, 0) is 11.2 Å². The molecule has 1 aromatic carbocycles. The van der Waals surface area contributed by atoms with Crippen LogP contribution in [0.2, 0.25) is 0 Å². The quantitative estimate of drug-likeness (QED) is 0.857. The predicted octanol–water partition coefficient (Wildman–Crippen LogP) is 1.67. The highest BCUT2D eigenvalue weighted by Gasteiger charge is 2.30. The number of aryl methyl sites for hydroxylation is 1. The largest absolute Gasteiger partial charge is 0.454 e. The van der Waals surface area contributed by atoms with Crippen molar-refractivity contribution in [3.63, 3.8) is 0 Å². The van der Waals surface area contributed by atoms with Crippen LogP contribution < -0.4 is 9.47 Å². The minimum Gasteiger partial charge on any atom is -0.454 e. The van der Waals surface area contributed by atoms with Crippen molar-refractivity contribution in [1.29, 1.82) is 0 Å². The molecule has 0 bridgehead atoms. The first kappa shape index (κ1) is 14.0. The van der Waals surface area contributed by atoms with Crippen LogP contribution in [0.25, 0.3) is 0 Å². The monoisotopic (exact) mass is 315 g/mol. The number of nitrogens with zero attached hydrogens (tertiary/aromatic N) is 3. The number of ether oxygens (including phenoxy) is 2. The number of aromatic nitrogens is 2. The van der Waals surface area contributed by atoms with E-state index in [0.717, 1.165) is 24.3 Å². The van der Waals surface area contributed by atoms with Crippen molar-refractivity contribution in [3.8, 4) is 11.5 Å². The van der Waals surface area contributed by atoms with Crippen molar-refractivity contribution in [2.75, 3.05) is 19.9 Å². The number of carbonyl (C=O) groups excluding carboxylic acids is 1. The highest BCUT2D eigenvalue weighted by Crippen LogP contribution is 2.33. The van der Waals surface area contributed by atoms with Gasteiger partial charge in [-0.3, -0.25) is 4.79 Å². The van der Waals surface area contributed by atoms with Gasteiger partial charge in [0.1, 0.15) is 0 Å². The van der Waals surface area contributed by atoms with E-state index in [0.29, 0.717) is 30.4 Å². The second-order valence-corrected chi connectivity index (χ2v) is 5.87. The molecule has 3 heterocycles. The maximum absolute atomic E-state index is 12.5. The zero-order chi connectivity index (χ0) is 15.8. The Bertz CT molecular complexity index is 743. The Hall–Kier alpha value is -2.57. The molecule has 1 aromatic heterocycles. The van der Waals surface area contributed by atoms with Crippen molar-refractivity contribution in [2.45, 2.75) is 25.7 Å². The van der Waals surface area contributed by atoms with Crippen LogP contribution in [0.3, 0.4) is 0 Å². The molecule has 0 N–H and O–H groups in total. The Morgan fingerprint density at radius 2 is 2.22 bits per heavy atom. The molecule has 23 heavy (non-hydrogen) atoms. The molecule has 0 spiro atoms. The van der Waals surface area contributed by atoms with Crippen LogP contribution >= 0.6 is 0 Å². The molecule has 0 saturated carbocycles. The smallest absolute Gasteiger partial charge is 0.231 e. The van der Waals surface area contributed by atoms with Crippen molar-refractivity contribution in [2.24, 2.45) is 0 Å². The summed E-state index contributed by atoms with van der Waals surface area (Å²) >= 11 is 0. The van der Waals surface area contributed by atoms with Gasteiger partial charge < -0.3 is 18.9 Å². The lowest BCUT2D eigenvalue weighted by Gasteiger charge is -2.16. The van der Waals surface area contributed by atoms with Crippen molar-refractivity contribution >= 4 is 5.91 Å². The molecule has 1 atom stereocenters. The van der Waals surface area contributed by atoms with E-state index in [1.165, 1.54) is 0 Å². The molecule has 1 fully saturated rings. The van der Waals surface area contributed by atoms with Gasteiger partial charge in [0.25, 0.3) is 0 Å². The zero-order valence-electron chi connectivity index (χ0n) is 12.8. The molecule has 7 nitrogen and oxygen atoms in total. The van der Waals surface area contributed by atoms with Crippen LogP contribution in [0.4, 0.5) is 0 Å². The minimum absolute atomic E-state index is 0.0996. The first-order valence-electron chi connectivity index (χ1n) is 7.65. The standard InChI is InChI=1S/C16H17N3O4/c1-10-17-16(23-18-10)12-4-5-19(8-12)15(20)7-11-2-3-13-14(6-11)22-9-21-13/h2-3,6,12H,4-5,7-9H2,1H3/t12-/m0/s1. The second kappa shape index (κ2) is 5.57. The normalized spacial score (nSPS) is 19.3. The van der Waals surface area contributed by atoms with Gasteiger partial charge in [-0.05, 0) is 31.0 Å². The molecule has 120 valence electrons. The average Bonchev–Trinajstić information content (AvgIpc) is 3.26. The van der Waals surface area contributed by atoms with Gasteiger partial charge in [-0.1, -0.05) is 11.2 Å². The summed E-state index contributed by atoms with van der Waals surface area (Å²) in [5.41, 5.74) is 0.927. The summed E-state index contributed by atoms with van der Waals surface area (Å²) in [4.78, 5) is 18.6. The zero-order valence-corrected chi connectivity index (χ0v) is 12.8. The fraction of sp³-hybridized carbons (Fsp3) is 0.438. The van der Waals surface area contributed by atoms with Crippen LogP contribution in [0.5, 0.6) is 11.5 Å². The lowest BCUT2D eigenvalue weighted by Crippen LogP contribution is -2.29. The van der Waals surface area contributed by atoms with Crippen LogP contribution in [-0.4, -0.2) is 40.8 Å². The first-order valence-corrected chi connectivity index (χ1v) is 7.65. The number of fused-ring (bicyclic) bond motifs is 1. The third kappa shape index (κ3) is 2.74. The third-order valence-corrected chi connectivity index (χ3v) is 4.23. The lowest BCUT2D eigenvalue weighted by molar-refractivity contribution is -0.129. The molecule has 7 heteroatoms. The van der Waals surface area contributed by atoms with Crippen molar-refractivity contribution in [1.82, 2.24) is 15.0 Å². The topological polar surface area (TPSA) is 77.7 Å². The number of likely N-dealkylation sites (tertiary alicyclic amines) is 1. The molecular weight excluding hydrogens is 298 g/mol. The maximum Gasteiger partial charge on any atom is 0.231 e. The third-order valence-electron chi connectivity index (χ3n) is 4.23. The van der Waals surface area contributed by atoms with E-state index in [4.69, 9.17) is 14.0 Å². The molecule has 0 unspecified atom stereocenters. The SMILES string of the molecule is Cc1noc([C@H]2CCN(C(=O)Cc3ccc4c(c3)OCO4)C2)n1. The summed E-state index contributed by atoms with van der Waals surface area (Å²) in [6.07, 6.45) is 1.21. The number of hydrogen-bond donors (Lipinski definition) is 0. The molecule has 2 aromatic rings. The van der Waals surface area contributed by atoms with E-state index in [1.807, 2.05) is 23.1 Å². The van der Waals surface area contributed by atoms with E-state index in [1.54, 1.807) is 6.92 Å². The Morgan fingerprint density at radius 3 is 3.04 bits per heavy atom. The molecule has 0 aliphatic carbocycles. The van der Waals surface area contributed by atoms with E-state index in [9.17, 15) is 4.79 Å². The fourth-order valence-electron chi connectivity index (χ4n) is 3.00. The highest BCUT2D eigenvalue weighted by molar-refractivity contribution is 5.79. The Balaban J connectivity index is 1.40. The van der Waals surface area contributed by atoms with E-state index >= 15 is 0 Å². The average molecular weight is 315 g/mol. The fourth-order valence-corrected chi connectivity index (χ4v) is 3.00. The number of rotatable bonds is 3. The van der Waals surface area contributed by atoms with Crippen LogP contribution in [0.1, 0.15) is 29.6 Å². The van der Waals surface area contributed by atoms with Gasteiger partial charge in [0.2, 0.25) is 18.6 Å². The Morgan fingerprint density at radius 1 is 1.35 bits per heavy atom. The maximum atomic E-state index is 12.5. The molecule has 2 aliphatic heterocycles. The van der Waals surface area contributed by atoms with Gasteiger partial charge in [0, 0.05) is 13.1 Å².